The Balaban J connectivity index is 2.40. The lowest BCUT2D eigenvalue weighted by Crippen LogP contribution is -2.33. The standard InChI is InChI=1S/C12H17Cl2N3O/c1-18-8-7-17-12(15)16-6-5-9-10(13)3-2-4-11(9)14/h2-4H,5-8H2,1H3,(H3,15,16,17). The van der Waals surface area contributed by atoms with E-state index >= 15 is 0 Å². The van der Waals surface area contributed by atoms with E-state index in [1.807, 2.05) is 18.2 Å². The summed E-state index contributed by atoms with van der Waals surface area (Å²) in [6, 6.07) is 5.46. The van der Waals surface area contributed by atoms with Crippen LogP contribution in [-0.2, 0) is 11.2 Å². The number of ether oxygens (including phenoxy) is 1. The summed E-state index contributed by atoms with van der Waals surface area (Å²) >= 11 is 12.1. The number of hydrogen-bond donors (Lipinski definition) is 2. The monoisotopic (exact) mass is 289 g/mol. The van der Waals surface area contributed by atoms with Crippen LogP contribution in [0.15, 0.2) is 23.2 Å². The SMILES string of the molecule is COCCN=C(N)NCCc1c(Cl)cccc1Cl. The predicted octanol–water partition coefficient (Wildman–Crippen LogP) is 2.09. The highest BCUT2D eigenvalue weighted by Gasteiger charge is 2.04. The van der Waals surface area contributed by atoms with Gasteiger partial charge in [-0.15, -0.1) is 0 Å². The van der Waals surface area contributed by atoms with Gasteiger partial charge in [0.25, 0.3) is 0 Å². The van der Waals surface area contributed by atoms with Gasteiger partial charge in [0.2, 0.25) is 0 Å². The lowest BCUT2D eigenvalue weighted by molar-refractivity contribution is 0.208. The third-order valence-corrected chi connectivity index (χ3v) is 3.03. The van der Waals surface area contributed by atoms with Crippen LogP contribution in [0.3, 0.4) is 0 Å². The minimum atomic E-state index is 0.398. The summed E-state index contributed by atoms with van der Waals surface area (Å²) in [6.07, 6.45) is 0.693. The second-order valence-corrected chi connectivity index (χ2v) is 4.45. The second kappa shape index (κ2) is 8.19. The summed E-state index contributed by atoms with van der Waals surface area (Å²) in [5.41, 5.74) is 6.59. The molecule has 0 atom stereocenters. The van der Waals surface area contributed by atoms with Gasteiger partial charge in [-0.25, -0.2) is 0 Å². The summed E-state index contributed by atoms with van der Waals surface area (Å²) < 4.78 is 4.87. The predicted molar refractivity (Wildman–Crippen MR) is 76.5 cm³/mol. The summed E-state index contributed by atoms with van der Waals surface area (Å²) in [5.74, 6) is 0.398. The molecule has 0 aliphatic carbocycles. The van der Waals surface area contributed by atoms with Gasteiger partial charge >= 0.3 is 0 Å². The molecule has 3 N–H and O–H groups in total. The van der Waals surface area contributed by atoms with Crippen LogP contribution in [0.5, 0.6) is 0 Å². The first-order chi connectivity index (χ1) is 8.65. The molecule has 0 aliphatic heterocycles. The molecule has 0 fully saturated rings. The largest absolute Gasteiger partial charge is 0.383 e. The molecule has 6 heteroatoms. The Morgan fingerprint density at radius 2 is 2.06 bits per heavy atom. The number of guanidine groups is 1. The van der Waals surface area contributed by atoms with Crippen molar-refractivity contribution in [2.24, 2.45) is 10.7 Å². The van der Waals surface area contributed by atoms with E-state index in [-0.39, 0.29) is 0 Å². The van der Waals surface area contributed by atoms with E-state index < -0.39 is 0 Å². The van der Waals surface area contributed by atoms with Gasteiger partial charge in [0, 0.05) is 23.7 Å². The van der Waals surface area contributed by atoms with Gasteiger partial charge in [-0.2, -0.15) is 0 Å². The molecule has 18 heavy (non-hydrogen) atoms. The highest BCUT2D eigenvalue weighted by atomic mass is 35.5. The maximum atomic E-state index is 6.06. The van der Waals surface area contributed by atoms with E-state index in [0.717, 1.165) is 5.56 Å². The minimum Gasteiger partial charge on any atom is -0.383 e. The molecular formula is C12H17Cl2N3O. The smallest absolute Gasteiger partial charge is 0.188 e. The normalized spacial score (nSPS) is 11.6. The van der Waals surface area contributed by atoms with Crippen molar-refractivity contribution in [3.05, 3.63) is 33.8 Å². The summed E-state index contributed by atoms with van der Waals surface area (Å²) in [5, 5.41) is 4.33. The van der Waals surface area contributed by atoms with Gasteiger partial charge in [-0.1, -0.05) is 29.3 Å². The van der Waals surface area contributed by atoms with Crippen LogP contribution >= 0.6 is 23.2 Å². The molecule has 0 bridgehead atoms. The van der Waals surface area contributed by atoms with Crippen molar-refractivity contribution in [3.63, 3.8) is 0 Å². The van der Waals surface area contributed by atoms with Gasteiger partial charge in [0.15, 0.2) is 5.96 Å². The number of benzene rings is 1. The molecule has 0 radical (unpaired) electrons. The average molecular weight is 290 g/mol. The molecule has 0 unspecified atom stereocenters. The number of nitrogens with zero attached hydrogens (tertiary/aromatic N) is 1. The highest BCUT2D eigenvalue weighted by molar-refractivity contribution is 6.35. The number of hydrogen-bond acceptors (Lipinski definition) is 2. The van der Waals surface area contributed by atoms with Crippen LogP contribution < -0.4 is 11.1 Å². The van der Waals surface area contributed by atoms with E-state index in [0.29, 0.717) is 42.1 Å². The Bertz CT molecular complexity index is 390. The van der Waals surface area contributed by atoms with Crippen molar-refractivity contribution in [1.82, 2.24) is 5.32 Å². The van der Waals surface area contributed by atoms with E-state index in [4.69, 9.17) is 33.7 Å². The third kappa shape index (κ3) is 5.12. The number of nitrogens with one attached hydrogen (secondary N) is 1. The number of methoxy groups -OCH3 is 1. The topological polar surface area (TPSA) is 59.6 Å². The van der Waals surface area contributed by atoms with Crippen LogP contribution in [0, 0.1) is 0 Å². The number of halogens is 2. The highest BCUT2D eigenvalue weighted by Crippen LogP contribution is 2.24. The molecule has 0 saturated heterocycles. The average Bonchev–Trinajstić information content (AvgIpc) is 2.33. The Morgan fingerprint density at radius 3 is 2.67 bits per heavy atom. The Labute approximate surface area is 117 Å². The first-order valence-electron chi connectivity index (χ1n) is 5.60. The minimum absolute atomic E-state index is 0.398. The van der Waals surface area contributed by atoms with Crippen molar-refractivity contribution in [3.8, 4) is 0 Å². The molecule has 0 amide bonds. The fraction of sp³-hybridized carbons (Fsp3) is 0.417. The van der Waals surface area contributed by atoms with Gasteiger partial charge in [-0.3, -0.25) is 4.99 Å². The van der Waals surface area contributed by atoms with E-state index in [1.165, 1.54) is 0 Å². The van der Waals surface area contributed by atoms with Crippen LogP contribution in [0.25, 0.3) is 0 Å². The third-order valence-electron chi connectivity index (χ3n) is 2.32. The molecule has 1 aromatic rings. The maximum absolute atomic E-state index is 6.06. The van der Waals surface area contributed by atoms with Gasteiger partial charge in [0.1, 0.15) is 0 Å². The fourth-order valence-electron chi connectivity index (χ4n) is 1.40. The molecular weight excluding hydrogens is 273 g/mol. The Hall–Kier alpha value is -0.970. The molecule has 0 aliphatic rings. The molecule has 4 nitrogen and oxygen atoms in total. The van der Waals surface area contributed by atoms with Crippen molar-refractivity contribution in [1.29, 1.82) is 0 Å². The zero-order chi connectivity index (χ0) is 13.4. The second-order valence-electron chi connectivity index (χ2n) is 3.64. The van der Waals surface area contributed by atoms with Gasteiger partial charge < -0.3 is 15.8 Å². The zero-order valence-electron chi connectivity index (χ0n) is 10.2. The fourth-order valence-corrected chi connectivity index (χ4v) is 1.99. The number of rotatable bonds is 6. The number of nitrogens with two attached hydrogens (primary N) is 1. The van der Waals surface area contributed by atoms with Crippen LogP contribution in [0.1, 0.15) is 5.56 Å². The van der Waals surface area contributed by atoms with E-state index in [1.54, 1.807) is 7.11 Å². The molecule has 0 heterocycles. The van der Waals surface area contributed by atoms with Crippen LogP contribution in [0.2, 0.25) is 10.0 Å². The van der Waals surface area contributed by atoms with Crippen LogP contribution in [-0.4, -0.2) is 32.8 Å². The summed E-state index contributed by atoms with van der Waals surface area (Å²) in [6.45, 7) is 1.73. The number of aliphatic imine (C=N–C) groups is 1. The van der Waals surface area contributed by atoms with Crippen molar-refractivity contribution < 1.29 is 4.74 Å². The molecule has 0 spiro atoms. The molecule has 1 rings (SSSR count). The van der Waals surface area contributed by atoms with E-state index in [9.17, 15) is 0 Å². The van der Waals surface area contributed by atoms with Crippen molar-refractivity contribution in [2.45, 2.75) is 6.42 Å². The molecule has 0 aromatic heterocycles. The first-order valence-corrected chi connectivity index (χ1v) is 6.36. The van der Waals surface area contributed by atoms with Crippen molar-refractivity contribution >= 4 is 29.2 Å². The quantitative estimate of drug-likeness (QED) is 0.479. The Morgan fingerprint density at radius 1 is 1.39 bits per heavy atom. The Kier molecular flexibility index (Phi) is 6.86. The van der Waals surface area contributed by atoms with Gasteiger partial charge in [-0.05, 0) is 24.1 Å². The van der Waals surface area contributed by atoms with Gasteiger partial charge in [0.05, 0.1) is 13.2 Å². The summed E-state index contributed by atoms with van der Waals surface area (Å²) in [4.78, 5) is 4.08. The molecule has 1 aromatic carbocycles. The summed E-state index contributed by atoms with van der Waals surface area (Å²) in [7, 11) is 1.62. The van der Waals surface area contributed by atoms with Crippen molar-refractivity contribution in [2.75, 3.05) is 26.8 Å². The lowest BCUT2D eigenvalue weighted by atomic mass is 10.1. The lowest BCUT2D eigenvalue weighted by Gasteiger charge is -2.08. The first kappa shape index (κ1) is 15.1. The van der Waals surface area contributed by atoms with E-state index in [2.05, 4.69) is 10.3 Å². The zero-order valence-corrected chi connectivity index (χ0v) is 11.8. The van der Waals surface area contributed by atoms with Crippen LogP contribution in [0.4, 0.5) is 0 Å². The molecule has 0 saturated carbocycles. The molecule has 100 valence electrons. The maximum Gasteiger partial charge on any atom is 0.188 e.